The van der Waals surface area contributed by atoms with E-state index in [1.165, 1.54) is 23.1 Å². The number of nitrogens with zero attached hydrogens (tertiary/aromatic N) is 3. The molecule has 0 spiro atoms. The van der Waals surface area contributed by atoms with Gasteiger partial charge in [-0.25, -0.2) is 9.78 Å². The molecule has 1 aromatic heterocycles. The molecule has 1 N–H and O–H groups in total. The molecule has 1 amide bonds. The summed E-state index contributed by atoms with van der Waals surface area (Å²) in [6.07, 6.45) is 1.95. The van der Waals surface area contributed by atoms with E-state index >= 15 is 0 Å². The van der Waals surface area contributed by atoms with Gasteiger partial charge in [-0.1, -0.05) is 19.9 Å². The van der Waals surface area contributed by atoms with E-state index in [9.17, 15) is 14.7 Å². The lowest BCUT2D eigenvalue weighted by atomic mass is 10.1. The molecule has 33 heavy (non-hydrogen) atoms. The van der Waals surface area contributed by atoms with Crippen molar-refractivity contribution in [2.45, 2.75) is 46.6 Å². The second-order valence-corrected chi connectivity index (χ2v) is 9.07. The smallest absolute Gasteiger partial charge is 0.344 e. The second-order valence-electron chi connectivity index (χ2n) is 7.23. The van der Waals surface area contributed by atoms with Crippen molar-refractivity contribution in [3.05, 3.63) is 39.7 Å². The van der Waals surface area contributed by atoms with E-state index < -0.39 is 12.1 Å². The standard InChI is InChI=1S/C23H27N3O5S2/c1-5-10-26-20(27)19(33-23(26)25-22-24-14(4)13-32-22)12-15-8-9-17(18(11-15)30-7-3)31-16(6-2)21(28)29/h8-9,11-13,16H,5-7,10H2,1-4H3,(H,28,29)/b19-12+,25-23+. The van der Waals surface area contributed by atoms with Gasteiger partial charge in [0, 0.05) is 11.9 Å². The number of amidine groups is 1. The highest BCUT2D eigenvalue weighted by molar-refractivity contribution is 8.18. The van der Waals surface area contributed by atoms with Gasteiger partial charge in [-0.2, -0.15) is 4.99 Å². The van der Waals surface area contributed by atoms with E-state index in [0.29, 0.717) is 46.3 Å². The van der Waals surface area contributed by atoms with Gasteiger partial charge in [0.1, 0.15) is 0 Å². The zero-order valence-corrected chi connectivity index (χ0v) is 20.7. The van der Waals surface area contributed by atoms with Crippen LogP contribution in [0.5, 0.6) is 11.5 Å². The van der Waals surface area contributed by atoms with Crippen LogP contribution in [0.3, 0.4) is 0 Å². The Bertz CT molecular complexity index is 1080. The number of aliphatic imine (C=N–C) groups is 1. The zero-order chi connectivity index (χ0) is 24.0. The van der Waals surface area contributed by atoms with Crippen molar-refractivity contribution in [3.63, 3.8) is 0 Å². The number of amides is 1. The number of aromatic nitrogens is 1. The molecule has 1 atom stereocenters. The Labute approximate surface area is 201 Å². The van der Waals surface area contributed by atoms with Gasteiger partial charge in [0.25, 0.3) is 5.91 Å². The topological polar surface area (TPSA) is 101 Å². The van der Waals surface area contributed by atoms with E-state index in [0.717, 1.165) is 17.7 Å². The minimum atomic E-state index is -1.03. The molecule has 1 fully saturated rings. The van der Waals surface area contributed by atoms with Crippen molar-refractivity contribution >= 4 is 51.4 Å². The Morgan fingerprint density at radius 2 is 2.09 bits per heavy atom. The van der Waals surface area contributed by atoms with Crippen LogP contribution in [0.25, 0.3) is 6.08 Å². The Morgan fingerprint density at radius 3 is 2.70 bits per heavy atom. The molecule has 176 valence electrons. The number of carbonyl (C=O) groups is 2. The number of aryl methyl sites for hydroxylation is 1. The Balaban J connectivity index is 1.90. The third-order valence-electron chi connectivity index (χ3n) is 4.61. The van der Waals surface area contributed by atoms with Crippen LogP contribution in [0.4, 0.5) is 5.13 Å². The molecule has 8 nitrogen and oxygen atoms in total. The number of carboxylic acid groups (broad SMARTS) is 1. The summed E-state index contributed by atoms with van der Waals surface area (Å²) in [5, 5.41) is 12.4. The normalized spacial score (nSPS) is 17.1. The second kappa shape index (κ2) is 11.3. The van der Waals surface area contributed by atoms with Gasteiger partial charge in [-0.15, -0.1) is 11.3 Å². The zero-order valence-electron chi connectivity index (χ0n) is 19.0. The summed E-state index contributed by atoms with van der Waals surface area (Å²) in [6, 6.07) is 5.19. The van der Waals surface area contributed by atoms with Crippen molar-refractivity contribution in [1.29, 1.82) is 0 Å². The number of benzene rings is 1. The number of carboxylic acids is 1. The average molecular weight is 490 g/mol. The summed E-state index contributed by atoms with van der Waals surface area (Å²) < 4.78 is 11.3. The summed E-state index contributed by atoms with van der Waals surface area (Å²) in [5.74, 6) is -0.353. The van der Waals surface area contributed by atoms with Gasteiger partial charge < -0.3 is 14.6 Å². The maximum Gasteiger partial charge on any atom is 0.344 e. The monoisotopic (exact) mass is 489 g/mol. The molecule has 1 aromatic carbocycles. The number of aliphatic carboxylic acids is 1. The fourth-order valence-corrected chi connectivity index (χ4v) is 4.81. The number of hydrogen-bond donors (Lipinski definition) is 1. The minimum absolute atomic E-state index is 0.107. The van der Waals surface area contributed by atoms with Crippen LogP contribution in [-0.4, -0.2) is 51.3 Å². The van der Waals surface area contributed by atoms with Gasteiger partial charge in [-0.3, -0.25) is 9.69 Å². The first-order chi connectivity index (χ1) is 15.9. The van der Waals surface area contributed by atoms with E-state index in [4.69, 9.17) is 9.47 Å². The van der Waals surface area contributed by atoms with Crippen molar-refractivity contribution < 1.29 is 24.2 Å². The average Bonchev–Trinajstić information content (AvgIpc) is 3.31. The highest BCUT2D eigenvalue weighted by Crippen LogP contribution is 2.36. The van der Waals surface area contributed by atoms with Crippen LogP contribution in [-0.2, 0) is 9.59 Å². The molecule has 1 aliphatic rings. The Hall–Kier alpha value is -2.85. The van der Waals surface area contributed by atoms with Crippen molar-refractivity contribution in [2.24, 2.45) is 4.99 Å². The number of carbonyl (C=O) groups excluding carboxylic acids is 1. The SMILES string of the molecule is CCCN1C(=O)/C(=C\c2ccc(OC(CC)C(=O)O)c(OCC)c2)S/C1=N/c1nc(C)cs1. The van der Waals surface area contributed by atoms with Crippen LogP contribution in [0, 0.1) is 6.92 Å². The first kappa shape index (κ1) is 24.8. The summed E-state index contributed by atoms with van der Waals surface area (Å²) >= 11 is 2.75. The van der Waals surface area contributed by atoms with Crippen LogP contribution < -0.4 is 9.47 Å². The van der Waals surface area contributed by atoms with Gasteiger partial charge in [0.05, 0.1) is 17.2 Å². The fraction of sp³-hybridized carbons (Fsp3) is 0.391. The lowest BCUT2D eigenvalue weighted by Crippen LogP contribution is -2.29. The lowest BCUT2D eigenvalue weighted by molar-refractivity contribution is -0.145. The molecular weight excluding hydrogens is 462 g/mol. The van der Waals surface area contributed by atoms with Crippen molar-refractivity contribution in [1.82, 2.24) is 9.88 Å². The summed E-state index contributed by atoms with van der Waals surface area (Å²) in [5.41, 5.74) is 1.64. The molecule has 0 aliphatic carbocycles. The maximum absolute atomic E-state index is 13.1. The molecule has 10 heteroatoms. The summed E-state index contributed by atoms with van der Waals surface area (Å²) in [4.78, 5) is 35.6. The Kier molecular flexibility index (Phi) is 8.51. The van der Waals surface area contributed by atoms with Gasteiger partial charge in [-0.05, 0) is 62.2 Å². The molecule has 2 heterocycles. The molecule has 2 aromatic rings. The number of rotatable bonds is 10. The highest BCUT2D eigenvalue weighted by atomic mass is 32.2. The van der Waals surface area contributed by atoms with E-state index in [1.807, 2.05) is 26.2 Å². The van der Waals surface area contributed by atoms with E-state index in [-0.39, 0.29) is 5.91 Å². The molecule has 0 saturated carbocycles. The Morgan fingerprint density at radius 1 is 1.30 bits per heavy atom. The van der Waals surface area contributed by atoms with Crippen LogP contribution in [0.1, 0.15) is 44.9 Å². The van der Waals surface area contributed by atoms with Gasteiger partial charge >= 0.3 is 5.97 Å². The summed E-state index contributed by atoms with van der Waals surface area (Å²) in [6.45, 7) is 8.46. The molecule has 1 unspecified atom stereocenters. The summed E-state index contributed by atoms with van der Waals surface area (Å²) in [7, 11) is 0. The lowest BCUT2D eigenvalue weighted by Gasteiger charge is -2.17. The van der Waals surface area contributed by atoms with Gasteiger partial charge in [0.2, 0.25) is 5.13 Å². The van der Waals surface area contributed by atoms with Crippen LogP contribution >= 0.6 is 23.1 Å². The third-order valence-corrected chi connectivity index (χ3v) is 6.47. The number of hydrogen-bond acceptors (Lipinski definition) is 8. The first-order valence-electron chi connectivity index (χ1n) is 10.7. The van der Waals surface area contributed by atoms with Crippen molar-refractivity contribution in [3.8, 4) is 11.5 Å². The van der Waals surface area contributed by atoms with Crippen molar-refractivity contribution in [2.75, 3.05) is 13.2 Å². The van der Waals surface area contributed by atoms with Crippen LogP contribution in [0.15, 0.2) is 33.5 Å². The molecule has 0 bridgehead atoms. The predicted molar refractivity (Wildman–Crippen MR) is 131 cm³/mol. The number of ether oxygens (including phenoxy) is 2. The van der Waals surface area contributed by atoms with E-state index in [2.05, 4.69) is 9.98 Å². The first-order valence-corrected chi connectivity index (χ1v) is 12.4. The minimum Gasteiger partial charge on any atom is -0.490 e. The fourth-order valence-electron chi connectivity index (χ4n) is 3.08. The maximum atomic E-state index is 13.1. The molecule has 3 rings (SSSR count). The molecule has 0 radical (unpaired) electrons. The largest absolute Gasteiger partial charge is 0.490 e. The third kappa shape index (κ3) is 6.14. The number of thiazole rings is 1. The van der Waals surface area contributed by atoms with Gasteiger partial charge in [0.15, 0.2) is 22.8 Å². The quantitative estimate of drug-likeness (QED) is 0.463. The van der Waals surface area contributed by atoms with Crippen LogP contribution in [0.2, 0.25) is 0 Å². The molecule has 1 saturated heterocycles. The van der Waals surface area contributed by atoms with E-state index in [1.54, 1.807) is 36.1 Å². The predicted octanol–water partition coefficient (Wildman–Crippen LogP) is 5.11. The number of thioether (sulfide) groups is 1. The molecule has 1 aliphatic heterocycles. The highest BCUT2D eigenvalue weighted by Gasteiger charge is 2.33. The molecular formula is C23H27N3O5S2.